The first-order chi connectivity index (χ1) is 26.3. The monoisotopic (exact) mass is 754 g/mol. The smallest absolute Gasteiger partial charge is 0.226 e. The molecule has 0 spiro atoms. The molecule has 1 amide bonds. The number of aryl methyl sites for hydroxylation is 2. The van der Waals surface area contributed by atoms with Crippen molar-refractivity contribution in [3.63, 3.8) is 0 Å². The predicted octanol–water partition coefficient (Wildman–Crippen LogP) is 11.7. The van der Waals surface area contributed by atoms with Crippen molar-refractivity contribution in [3.8, 4) is 5.75 Å². The molecule has 0 saturated carbocycles. The molecule has 0 saturated heterocycles. The lowest BCUT2D eigenvalue weighted by Gasteiger charge is -2.27. The average molecular weight is 755 g/mol. The van der Waals surface area contributed by atoms with E-state index in [1.54, 1.807) is 6.07 Å². The van der Waals surface area contributed by atoms with E-state index in [-0.39, 0.29) is 24.6 Å². The minimum absolute atomic E-state index is 0. The van der Waals surface area contributed by atoms with Crippen molar-refractivity contribution in [1.82, 2.24) is 5.23 Å². The summed E-state index contributed by atoms with van der Waals surface area (Å²) < 4.78 is 23.9. The van der Waals surface area contributed by atoms with Crippen LogP contribution in [0, 0.1) is 19.7 Å². The second kappa shape index (κ2) is 18.1. The Bertz CT molecular complexity index is 2070. The van der Waals surface area contributed by atoms with Crippen LogP contribution in [0.3, 0.4) is 0 Å². The maximum absolute atomic E-state index is 14.7. The third-order valence-corrected chi connectivity index (χ3v) is 11.7. The average Bonchev–Trinajstić information content (AvgIpc) is 3.50. The van der Waals surface area contributed by atoms with E-state index < -0.39 is 5.41 Å². The lowest BCUT2D eigenvalue weighted by Crippen LogP contribution is -2.28. The number of hydrogen-bond acceptors (Lipinski definition) is 3. The lowest BCUT2D eigenvalue weighted by atomic mass is 9.81. The first kappa shape index (κ1) is 42.5. The van der Waals surface area contributed by atoms with Gasteiger partial charge < -0.3 is 14.9 Å². The number of nitrogens with one attached hydrogen (secondary N) is 1. The van der Waals surface area contributed by atoms with Gasteiger partial charge in [-0.1, -0.05) is 82.5 Å². The first-order valence-electron chi connectivity index (χ1n) is 20.3. The summed E-state index contributed by atoms with van der Waals surface area (Å²) in [4.78, 5) is 14.4. The van der Waals surface area contributed by atoms with E-state index in [0.717, 1.165) is 72.7 Å². The molecule has 0 bridgehead atoms. The standard InChI is InChI=1S/C48H58BFN3O2.CH4/c1-8-9-11-29-52-41-25-19-34(3)31-39(41)47(4,5)43(52)27-20-35-14-13-15-36(46(35)55-38-23-17-33(2)18-24-38)21-28-44-48(6,7)40-32-37(50)22-26-42(40)53(44)30-12-10-16-45(54)51-49;/h17-28,31-32H,8-16,29-30H2,1-7H3,(H,51,54);1H4/q+1;. The van der Waals surface area contributed by atoms with Gasteiger partial charge >= 0.3 is 0 Å². The van der Waals surface area contributed by atoms with E-state index in [1.807, 2.05) is 6.07 Å². The first-order valence-corrected chi connectivity index (χ1v) is 20.3. The zero-order chi connectivity index (χ0) is 39.3. The molecule has 0 unspecified atom stereocenters. The van der Waals surface area contributed by atoms with Crippen molar-refractivity contribution in [1.29, 1.82) is 0 Å². The van der Waals surface area contributed by atoms with Gasteiger partial charge in [0.1, 0.15) is 23.9 Å². The third kappa shape index (κ3) is 8.98. The summed E-state index contributed by atoms with van der Waals surface area (Å²) in [6.45, 7) is 17.3. The van der Waals surface area contributed by atoms with Gasteiger partial charge in [0.2, 0.25) is 19.6 Å². The largest absolute Gasteiger partial charge is 0.457 e. The summed E-state index contributed by atoms with van der Waals surface area (Å²) in [6.07, 6.45) is 17.3. The highest BCUT2D eigenvalue weighted by molar-refractivity contribution is 6.14. The van der Waals surface area contributed by atoms with Crippen LogP contribution in [-0.2, 0) is 15.6 Å². The van der Waals surface area contributed by atoms with Crippen LogP contribution in [0.2, 0.25) is 0 Å². The van der Waals surface area contributed by atoms with Crippen molar-refractivity contribution in [2.24, 2.45) is 0 Å². The highest BCUT2D eigenvalue weighted by Gasteiger charge is 2.44. The number of unbranched alkanes of at least 4 members (excludes halogenated alkanes) is 3. The van der Waals surface area contributed by atoms with Gasteiger partial charge in [0.15, 0.2) is 5.71 Å². The van der Waals surface area contributed by atoms with E-state index in [9.17, 15) is 9.18 Å². The highest BCUT2D eigenvalue weighted by atomic mass is 19.1. The summed E-state index contributed by atoms with van der Waals surface area (Å²) in [5.74, 6) is 1.32. The summed E-state index contributed by atoms with van der Waals surface area (Å²) in [5.41, 5.74) is 11.3. The highest BCUT2D eigenvalue weighted by Crippen LogP contribution is 2.48. The molecule has 0 aromatic heterocycles. The van der Waals surface area contributed by atoms with Gasteiger partial charge in [0.05, 0.1) is 5.41 Å². The van der Waals surface area contributed by atoms with Crippen molar-refractivity contribution in [2.45, 2.75) is 125 Å². The number of carbonyl (C=O) groups is 1. The van der Waals surface area contributed by atoms with E-state index in [4.69, 9.17) is 12.7 Å². The van der Waals surface area contributed by atoms with Crippen molar-refractivity contribution in [3.05, 3.63) is 136 Å². The molecule has 7 heteroatoms. The van der Waals surface area contributed by atoms with Gasteiger partial charge in [-0.05, 0) is 119 Å². The maximum atomic E-state index is 14.7. The fourth-order valence-electron chi connectivity index (χ4n) is 8.50. The Hall–Kier alpha value is -4.65. The zero-order valence-corrected chi connectivity index (χ0v) is 34.0. The molecule has 5 nitrogen and oxygen atoms in total. The van der Waals surface area contributed by atoms with Gasteiger partial charge in [-0.25, -0.2) is 4.39 Å². The van der Waals surface area contributed by atoms with Gasteiger partial charge in [-0.15, -0.1) is 0 Å². The molecule has 3 aromatic carbocycles. The molecule has 2 radical (unpaired) electrons. The second-order valence-electron chi connectivity index (χ2n) is 16.6. The molecular formula is C49H62BFN3O2+. The molecule has 56 heavy (non-hydrogen) atoms. The van der Waals surface area contributed by atoms with Crippen LogP contribution >= 0.6 is 0 Å². The van der Waals surface area contributed by atoms with Crippen LogP contribution < -0.4 is 14.9 Å². The number of allylic oxidation sites excluding steroid dienone is 7. The Morgan fingerprint density at radius 3 is 2.38 bits per heavy atom. The fourth-order valence-corrected chi connectivity index (χ4v) is 8.50. The number of carbonyl (C=O) groups excluding carboxylic acids is 1. The Labute approximate surface area is 337 Å². The maximum Gasteiger partial charge on any atom is 0.226 e. The minimum atomic E-state index is -0.429. The Balaban J connectivity index is 0.00000600. The van der Waals surface area contributed by atoms with E-state index in [2.05, 4.69) is 130 Å². The number of rotatable bonds is 14. The van der Waals surface area contributed by atoms with Gasteiger partial charge in [0.25, 0.3) is 0 Å². The van der Waals surface area contributed by atoms with Crippen LogP contribution in [0.25, 0.3) is 0 Å². The number of nitrogens with zero attached hydrogens (tertiary/aromatic N) is 2. The topological polar surface area (TPSA) is 44.6 Å². The molecule has 3 aliphatic rings. The number of fused-ring (bicyclic) bond motifs is 2. The number of anilines is 1. The number of hydrogen-bond donors (Lipinski definition) is 1. The number of amides is 1. The molecule has 1 N–H and O–H groups in total. The summed E-state index contributed by atoms with van der Waals surface area (Å²) in [6, 6.07) is 20.3. The third-order valence-electron chi connectivity index (χ3n) is 11.7. The quantitative estimate of drug-likeness (QED) is 0.101. The minimum Gasteiger partial charge on any atom is -0.457 e. The zero-order valence-electron chi connectivity index (χ0n) is 34.0. The second-order valence-corrected chi connectivity index (χ2v) is 16.6. The molecule has 1 aliphatic carbocycles. The molecule has 2 aliphatic heterocycles. The molecule has 6 rings (SSSR count). The van der Waals surface area contributed by atoms with Crippen LogP contribution in [0.5, 0.6) is 5.75 Å². The molecule has 3 aromatic rings. The molecule has 0 atom stereocenters. The Morgan fingerprint density at radius 1 is 0.893 bits per heavy atom. The summed E-state index contributed by atoms with van der Waals surface area (Å²) >= 11 is 0. The Morgan fingerprint density at radius 2 is 1.64 bits per heavy atom. The number of benzene rings is 3. The molecular weight excluding hydrogens is 692 g/mol. The van der Waals surface area contributed by atoms with Crippen LogP contribution in [-0.4, -0.2) is 37.3 Å². The van der Waals surface area contributed by atoms with E-state index in [0.29, 0.717) is 19.4 Å². The SMILES string of the molecule is C.[B]NC(=O)CCCC[N+]1=C(/C=C/C2=C(Oc3ccc(C)cc3)C(=C/C=C3/N(CCCCC)c4ccc(C)cc4C3(C)C)/CCC2)C(C)(C)c2cc(F)ccc21. The van der Waals surface area contributed by atoms with Crippen LogP contribution in [0.1, 0.15) is 122 Å². The van der Waals surface area contributed by atoms with E-state index in [1.165, 1.54) is 52.6 Å². The van der Waals surface area contributed by atoms with Crippen molar-refractivity contribution in [2.75, 3.05) is 18.0 Å². The number of ether oxygens (including phenoxy) is 1. The molecule has 2 heterocycles. The summed E-state index contributed by atoms with van der Waals surface area (Å²) in [7, 11) is 5.33. The molecule has 294 valence electrons. The predicted molar refractivity (Wildman–Crippen MR) is 233 cm³/mol. The van der Waals surface area contributed by atoms with Crippen LogP contribution in [0.15, 0.2) is 108 Å². The normalized spacial score (nSPS) is 18.5. The summed E-state index contributed by atoms with van der Waals surface area (Å²) in [5, 5.41) is 2.23. The van der Waals surface area contributed by atoms with Crippen molar-refractivity contribution >= 4 is 31.0 Å². The van der Waals surface area contributed by atoms with E-state index >= 15 is 0 Å². The Kier molecular flexibility index (Phi) is 13.7. The lowest BCUT2D eigenvalue weighted by molar-refractivity contribution is -0.438. The van der Waals surface area contributed by atoms with Crippen LogP contribution in [0.4, 0.5) is 15.8 Å². The molecule has 0 fully saturated rings. The van der Waals surface area contributed by atoms with Gasteiger partial charge in [-0.3, -0.25) is 4.79 Å². The van der Waals surface area contributed by atoms with Crippen molar-refractivity contribution < 1.29 is 18.5 Å². The van der Waals surface area contributed by atoms with Gasteiger partial charge in [-0.2, -0.15) is 4.58 Å². The fraction of sp³-hybridized carbons (Fsp3) is 0.429. The number of halogens is 1. The van der Waals surface area contributed by atoms with Gasteiger partial charge in [0, 0.05) is 53.9 Å².